The van der Waals surface area contributed by atoms with Crippen molar-refractivity contribution in [1.29, 1.82) is 0 Å². The molecule has 1 atom stereocenters. The molecule has 0 spiro atoms. The van der Waals surface area contributed by atoms with Crippen molar-refractivity contribution in [3.8, 4) is 0 Å². The Bertz CT molecular complexity index is 94.6. The van der Waals surface area contributed by atoms with Crippen molar-refractivity contribution in [3.05, 3.63) is 24.8 Å². The average molecular weight is 131 g/mol. The van der Waals surface area contributed by atoms with Gasteiger partial charge >= 0.3 is 0 Å². The van der Waals surface area contributed by atoms with Gasteiger partial charge in [0.2, 0.25) is 0 Å². The van der Waals surface area contributed by atoms with Crippen LogP contribution in [0.15, 0.2) is 24.8 Å². The third kappa shape index (κ3) is 3.94. The molecule has 0 aliphatic carbocycles. The number of hydrogen-bond acceptors (Lipinski definition) is 0. The van der Waals surface area contributed by atoms with Crippen molar-refractivity contribution in [2.24, 2.45) is 0 Å². The fraction of sp³-hybridized carbons (Fsp3) is 0.429. The molecule has 8 heavy (non-hydrogen) atoms. The van der Waals surface area contributed by atoms with Gasteiger partial charge in [0.15, 0.2) is 0 Å². The highest BCUT2D eigenvalue weighted by atomic mass is 35.5. The van der Waals surface area contributed by atoms with Gasteiger partial charge < -0.3 is 0 Å². The molecule has 1 unspecified atom stereocenters. The third-order valence-electron chi connectivity index (χ3n) is 0.799. The van der Waals surface area contributed by atoms with E-state index < -0.39 is 0 Å². The Morgan fingerprint density at radius 3 is 2.50 bits per heavy atom. The molecule has 0 heterocycles. The lowest BCUT2D eigenvalue weighted by molar-refractivity contribution is 0.994. The molecule has 0 nitrogen and oxygen atoms in total. The molecular weight excluding hydrogens is 120 g/mol. The maximum absolute atomic E-state index is 5.68. The van der Waals surface area contributed by atoms with E-state index in [2.05, 4.69) is 13.2 Å². The van der Waals surface area contributed by atoms with E-state index in [9.17, 15) is 0 Å². The molecule has 1 heteroatoms. The summed E-state index contributed by atoms with van der Waals surface area (Å²) < 4.78 is 0. The molecular formula is C7H11Cl. The van der Waals surface area contributed by atoms with Crippen LogP contribution in [0.1, 0.15) is 13.3 Å². The maximum atomic E-state index is 5.68. The molecule has 0 aromatic rings. The van der Waals surface area contributed by atoms with Crippen LogP contribution in [0, 0.1) is 0 Å². The van der Waals surface area contributed by atoms with Gasteiger partial charge in [0.1, 0.15) is 0 Å². The van der Waals surface area contributed by atoms with E-state index in [4.69, 9.17) is 11.6 Å². The van der Waals surface area contributed by atoms with E-state index in [1.807, 2.05) is 6.92 Å². The quantitative estimate of drug-likeness (QED) is 0.407. The Kier molecular flexibility index (Phi) is 3.63. The largest absolute Gasteiger partial charge is 0.118 e. The van der Waals surface area contributed by atoms with Crippen LogP contribution in [-0.2, 0) is 0 Å². The highest BCUT2D eigenvalue weighted by Crippen LogP contribution is 2.08. The SMILES string of the molecule is C=CC(Cl)CC(=C)C. The van der Waals surface area contributed by atoms with E-state index in [1.165, 1.54) is 0 Å². The van der Waals surface area contributed by atoms with Crippen LogP contribution in [0.5, 0.6) is 0 Å². The number of alkyl halides is 1. The molecule has 0 aliphatic rings. The topological polar surface area (TPSA) is 0 Å². The second kappa shape index (κ2) is 3.73. The first-order chi connectivity index (χ1) is 3.66. The molecule has 0 N–H and O–H groups in total. The smallest absolute Gasteiger partial charge is 0.0550 e. The first-order valence-electron chi connectivity index (χ1n) is 2.58. The first-order valence-corrected chi connectivity index (χ1v) is 3.01. The molecule has 0 aliphatic heterocycles. The van der Waals surface area contributed by atoms with Gasteiger partial charge in [-0.2, -0.15) is 0 Å². The van der Waals surface area contributed by atoms with Crippen LogP contribution in [0.2, 0.25) is 0 Å². The van der Waals surface area contributed by atoms with E-state index in [0.29, 0.717) is 0 Å². The maximum Gasteiger partial charge on any atom is 0.0550 e. The molecule has 0 bridgehead atoms. The van der Waals surface area contributed by atoms with Gasteiger partial charge in [-0.3, -0.25) is 0 Å². The summed E-state index contributed by atoms with van der Waals surface area (Å²) in [5.74, 6) is 0. The molecule has 0 fully saturated rings. The summed E-state index contributed by atoms with van der Waals surface area (Å²) in [4.78, 5) is 0. The van der Waals surface area contributed by atoms with Crippen molar-refractivity contribution in [1.82, 2.24) is 0 Å². The highest BCUT2D eigenvalue weighted by Gasteiger charge is 1.95. The lowest BCUT2D eigenvalue weighted by Gasteiger charge is -1.99. The van der Waals surface area contributed by atoms with E-state index in [0.717, 1.165) is 12.0 Å². The van der Waals surface area contributed by atoms with Crippen molar-refractivity contribution in [2.45, 2.75) is 18.7 Å². The van der Waals surface area contributed by atoms with E-state index in [1.54, 1.807) is 6.08 Å². The Balaban J connectivity index is 3.38. The predicted molar refractivity (Wildman–Crippen MR) is 39.3 cm³/mol. The number of allylic oxidation sites excluding steroid dienone is 2. The second-order valence-corrected chi connectivity index (χ2v) is 2.47. The van der Waals surface area contributed by atoms with Crippen LogP contribution in [0.3, 0.4) is 0 Å². The average Bonchev–Trinajstić information content (AvgIpc) is 1.65. The van der Waals surface area contributed by atoms with Gasteiger partial charge in [-0.1, -0.05) is 11.6 Å². The summed E-state index contributed by atoms with van der Waals surface area (Å²) in [5, 5.41) is 0.0625. The van der Waals surface area contributed by atoms with Gasteiger partial charge in [0, 0.05) is 0 Å². The summed E-state index contributed by atoms with van der Waals surface area (Å²) in [5.41, 5.74) is 1.10. The van der Waals surface area contributed by atoms with Gasteiger partial charge in [-0.25, -0.2) is 0 Å². The fourth-order valence-corrected chi connectivity index (χ4v) is 0.680. The van der Waals surface area contributed by atoms with Crippen molar-refractivity contribution < 1.29 is 0 Å². The number of hydrogen-bond donors (Lipinski definition) is 0. The molecule has 0 saturated carbocycles. The van der Waals surface area contributed by atoms with Gasteiger partial charge in [0.25, 0.3) is 0 Å². The highest BCUT2D eigenvalue weighted by molar-refractivity contribution is 6.21. The molecule has 0 amide bonds. The van der Waals surface area contributed by atoms with Crippen LogP contribution < -0.4 is 0 Å². The van der Waals surface area contributed by atoms with E-state index in [-0.39, 0.29) is 5.38 Å². The lowest BCUT2D eigenvalue weighted by atomic mass is 10.2. The standard InChI is InChI=1S/C7H11Cl/c1-4-7(8)5-6(2)3/h4,7H,1-2,5H2,3H3. The van der Waals surface area contributed by atoms with Crippen LogP contribution in [0.25, 0.3) is 0 Å². The molecule has 0 aromatic heterocycles. The van der Waals surface area contributed by atoms with Crippen molar-refractivity contribution in [3.63, 3.8) is 0 Å². The minimum atomic E-state index is 0.0625. The number of rotatable bonds is 3. The van der Waals surface area contributed by atoms with E-state index >= 15 is 0 Å². The summed E-state index contributed by atoms with van der Waals surface area (Å²) in [6, 6.07) is 0. The summed E-state index contributed by atoms with van der Waals surface area (Å²) in [7, 11) is 0. The van der Waals surface area contributed by atoms with Crippen molar-refractivity contribution >= 4 is 11.6 Å². The molecule has 0 aromatic carbocycles. The van der Waals surface area contributed by atoms with Gasteiger partial charge in [-0.05, 0) is 13.3 Å². The Hall–Kier alpha value is -0.230. The minimum Gasteiger partial charge on any atom is -0.118 e. The van der Waals surface area contributed by atoms with Crippen LogP contribution >= 0.6 is 11.6 Å². The zero-order valence-electron chi connectivity index (χ0n) is 5.15. The normalized spacial score (nSPS) is 12.8. The van der Waals surface area contributed by atoms with Crippen molar-refractivity contribution in [2.75, 3.05) is 0 Å². The summed E-state index contributed by atoms with van der Waals surface area (Å²) in [6.45, 7) is 9.21. The Morgan fingerprint density at radius 2 is 2.38 bits per heavy atom. The predicted octanol–water partition coefficient (Wildman–Crippen LogP) is 2.75. The molecule has 0 saturated heterocycles. The zero-order chi connectivity index (χ0) is 6.57. The second-order valence-electron chi connectivity index (χ2n) is 1.91. The third-order valence-corrected chi connectivity index (χ3v) is 1.13. The van der Waals surface area contributed by atoms with Gasteiger partial charge in [0.05, 0.1) is 5.38 Å². The van der Waals surface area contributed by atoms with Crippen LogP contribution in [0.4, 0.5) is 0 Å². The van der Waals surface area contributed by atoms with Crippen LogP contribution in [-0.4, -0.2) is 5.38 Å². The minimum absolute atomic E-state index is 0.0625. The monoisotopic (exact) mass is 130 g/mol. The first kappa shape index (κ1) is 7.77. The summed E-state index contributed by atoms with van der Waals surface area (Å²) in [6.07, 6.45) is 2.56. The molecule has 46 valence electrons. The van der Waals surface area contributed by atoms with Gasteiger partial charge in [-0.15, -0.1) is 24.8 Å². The lowest BCUT2D eigenvalue weighted by Crippen LogP contribution is -1.91. The fourth-order valence-electron chi connectivity index (χ4n) is 0.416. The zero-order valence-corrected chi connectivity index (χ0v) is 5.91. The Morgan fingerprint density at radius 1 is 1.88 bits per heavy atom. The molecule has 0 rings (SSSR count). The molecule has 0 radical (unpaired) electrons. The Labute approximate surface area is 55.9 Å². The number of halogens is 1. The summed E-state index contributed by atoms with van der Waals surface area (Å²) >= 11 is 5.68.